The van der Waals surface area contributed by atoms with Gasteiger partial charge in [-0.15, -0.1) is 0 Å². The summed E-state index contributed by atoms with van der Waals surface area (Å²) in [5.74, 6) is 0.239. The molecule has 0 unspecified atom stereocenters. The molecule has 1 amide bonds. The van der Waals surface area contributed by atoms with Crippen molar-refractivity contribution in [2.75, 3.05) is 7.05 Å². The first kappa shape index (κ1) is 17.6. The quantitative estimate of drug-likeness (QED) is 0.803. The molecule has 3 heterocycles. The third kappa shape index (κ3) is 3.60. The highest BCUT2D eigenvalue weighted by molar-refractivity contribution is 7.87. The molecular formula is C15H21N5O4S. The maximum absolute atomic E-state index is 12.6. The number of nitrogens with one attached hydrogen (secondary N) is 2. The van der Waals surface area contributed by atoms with Crippen LogP contribution >= 0.6 is 0 Å². The fraction of sp³-hybridized carbons (Fsp3) is 0.467. The molecule has 1 aliphatic rings. The Balaban J connectivity index is 1.79. The van der Waals surface area contributed by atoms with Crippen molar-refractivity contribution in [3.05, 3.63) is 41.6 Å². The van der Waals surface area contributed by atoms with E-state index in [1.807, 2.05) is 6.92 Å². The normalized spacial score (nSPS) is 23.5. The molecule has 0 saturated carbocycles. The van der Waals surface area contributed by atoms with Crippen LogP contribution in [0.15, 0.2) is 29.0 Å². The zero-order valence-corrected chi connectivity index (χ0v) is 15.1. The molecule has 0 aromatic carbocycles. The van der Waals surface area contributed by atoms with Gasteiger partial charge >= 0.3 is 0 Å². The van der Waals surface area contributed by atoms with Gasteiger partial charge in [-0.1, -0.05) is 0 Å². The molecule has 136 valence electrons. The summed E-state index contributed by atoms with van der Waals surface area (Å²) >= 11 is 0. The van der Waals surface area contributed by atoms with Crippen LogP contribution in [0.3, 0.4) is 0 Å². The Labute approximate surface area is 146 Å². The maximum atomic E-state index is 12.6. The number of carbonyl (C=O) groups excluding carboxylic acids is 1. The fourth-order valence-corrected chi connectivity index (χ4v) is 4.24. The number of aryl methyl sites for hydroxylation is 2. The van der Waals surface area contributed by atoms with Crippen molar-refractivity contribution >= 4 is 16.1 Å². The van der Waals surface area contributed by atoms with Gasteiger partial charge in [-0.25, -0.2) is 0 Å². The lowest BCUT2D eigenvalue weighted by Crippen LogP contribution is -2.57. The lowest BCUT2D eigenvalue weighted by Gasteiger charge is -2.35. The SMILES string of the molecule is Cc1nn(C)cc1[C@H]1C[C@@H](C(=O)NCc2ccco2)N(C)S(=O)(=O)N1. The number of furan rings is 1. The number of likely N-dealkylation sites (N-methyl/N-ethyl adjacent to an activating group) is 1. The van der Waals surface area contributed by atoms with Gasteiger partial charge in [0.05, 0.1) is 24.5 Å². The third-order valence-electron chi connectivity index (χ3n) is 4.31. The molecule has 2 N–H and O–H groups in total. The maximum Gasteiger partial charge on any atom is 0.280 e. The van der Waals surface area contributed by atoms with Crippen LogP contribution in [-0.2, 0) is 28.6 Å². The Hall–Kier alpha value is -2.17. The Morgan fingerprint density at radius 2 is 2.24 bits per heavy atom. The van der Waals surface area contributed by atoms with Crippen molar-refractivity contribution < 1.29 is 17.6 Å². The highest BCUT2D eigenvalue weighted by Crippen LogP contribution is 2.29. The standard InChI is InChI=1S/C15H21N5O4S/c1-10-12(9-19(2)17-10)13-7-14(20(3)25(22,23)18-13)15(21)16-8-11-5-4-6-24-11/h4-6,9,13-14,18H,7-8H2,1-3H3,(H,16,21)/t13-,14+/m1/s1. The van der Waals surface area contributed by atoms with E-state index in [9.17, 15) is 13.2 Å². The molecule has 2 aromatic heterocycles. The molecule has 3 rings (SSSR count). The van der Waals surface area contributed by atoms with E-state index in [1.54, 1.807) is 30.1 Å². The zero-order valence-electron chi connectivity index (χ0n) is 14.3. The molecule has 1 saturated heterocycles. The number of rotatable bonds is 4. The van der Waals surface area contributed by atoms with E-state index in [4.69, 9.17) is 4.42 Å². The number of carbonyl (C=O) groups is 1. The van der Waals surface area contributed by atoms with Crippen molar-refractivity contribution in [3.63, 3.8) is 0 Å². The van der Waals surface area contributed by atoms with Crippen LogP contribution in [0.5, 0.6) is 0 Å². The molecule has 10 heteroatoms. The summed E-state index contributed by atoms with van der Waals surface area (Å²) in [6.45, 7) is 2.02. The number of amides is 1. The van der Waals surface area contributed by atoms with Gasteiger partial charge in [0, 0.05) is 25.9 Å². The van der Waals surface area contributed by atoms with Gasteiger partial charge in [-0.3, -0.25) is 9.48 Å². The molecule has 1 fully saturated rings. The van der Waals surface area contributed by atoms with Gasteiger partial charge in [-0.2, -0.15) is 22.5 Å². The Morgan fingerprint density at radius 3 is 2.84 bits per heavy atom. The van der Waals surface area contributed by atoms with Gasteiger partial charge in [0.2, 0.25) is 5.91 Å². The van der Waals surface area contributed by atoms with Crippen LogP contribution in [0, 0.1) is 6.92 Å². The summed E-state index contributed by atoms with van der Waals surface area (Å²) in [6, 6.07) is 2.15. The highest BCUT2D eigenvalue weighted by Gasteiger charge is 2.41. The predicted molar refractivity (Wildman–Crippen MR) is 89.5 cm³/mol. The van der Waals surface area contributed by atoms with Crippen LogP contribution < -0.4 is 10.0 Å². The van der Waals surface area contributed by atoms with Gasteiger partial charge in [-0.05, 0) is 25.5 Å². The molecule has 0 aliphatic carbocycles. The van der Waals surface area contributed by atoms with Crippen LogP contribution in [0.2, 0.25) is 0 Å². The second-order valence-electron chi connectivity index (χ2n) is 6.08. The van der Waals surface area contributed by atoms with E-state index in [2.05, 4.69) is 15.1 Å². The molecule has 0 bridgehead atoms. The summed E-state index contributed by atoms with van der Waals surface area (Å²) in [5.41, 5.74) is 1.50. The average Bonchev–Trinajstić information content (AvgIpc) is 3.16. The van der Waals surface area contributed by atoms with Crippen LogP contribution in [-0.4, -0.2) is 41.5 Å². The number of nitrogens with zero attached hydrogens (tertiary/aromatic N) is 3. The van der Waals surface area contributed by atoms with Crippen molar-refractivity contribution in [2.45, 2.75) is 32.0 Å². The average molecular weight is 367 g/mol. The van der Waals surface area contributed by atoms with E-state index in [1.165, 1.54) is 13.3 Å². The van der Waals surface area contributed by atoms with Gasteiger partial charge < -0.3 is 9.73 Å². The van der Waals surface area contributed by atoms with Crippen molar-refractivity contribution in [1.29, 1.82) is 0 Å². The van der Waals surface area contributed by atoms with Crippen molar-refractivity contribution in [2.24, 2.45) is 7.05 Å². The monoisotopic (exact) mass is 367 g/mol. The Morgan fingerprint density at radius 1 is 1.48 bits per heavy atom. The van der Waals surface area contributed by atoms with Gasteiger partial charge in [0.15, 0.2) is 0 Å². The number of hydrogen-bond donors (Lipinski definition) is 2. The summed E-state index contributed by atoms with van der Waals surface area (Å²) in [6.07, 6.45) is 3.60. The topological polar surface area (TPSA) is 109 Å². The van der Waals surface area contributed by atoms with Gasteiger partial charge in [0.25, 0.3) is 10.2 Å². The van der Waals surface area contributed by atoms with E-state index < -0.39 is 22.3 Å². The summed E-state index contributed by atoms with van der Waals surface area (Å²) in [5, 5.41) is 6.98. The predicted octanol–water partition coefficient (Wildman–Crippen LogP) is 0.218. The molecular weight excluding hydrogens is 346 g/mol. The van der Waals surface area contributed by atoms with E-state index >= 15 is 0 Å². The molecule has 2 atom stereocenters. The first-order valence-corrected chi connectivity index (χ1v) is 9.27. The highest BCUT2D eigenvalue weighted by atomic mass is 32.2. The van der Waals surface area contributed by atoms with E-state index in [0.717, 1.165) is 15.6 Å². The lowest BCUT2D eigenvalue weighted by molar-refractivity contribution is -0.125. The molecule has 2 aromatic rings. The zero-order chi connectivity index (χ0) is 18.2. The minimum atomic E-state index is -3.77. The molecule has 9 nitrogen and oxygen atoms in total. The van der Waals surface area contributed by atoms with Crippen LogP contribution in [0.4, 0.5) is 0 Å². The molecule has 25 heavy (non-hydrogen) atoms. The molecule has 0 spiro atoms. The van der Waals surface area contributed by atoms with Crippen molar-refractivity contribution in [3.8, 4) is 0 Å². The summed E-state index contributed by atoms with van der Waals surface area (Å²) < 4.78 is 35.3. The first-order chi connectivity index (χ1) is 11.8. The van der Waals surface area contributed by atoms with Gasteiger partial charge in [0.1, 0.15) is 11.8 Å². The smallest absolute Gasteiger partial charge is 0.280 e. The number of aromatic nitrogens is 2. The second kappa shape index (κ2) is 6.62. The lowest BCUT2D eigenvalue weighted by atomic mass is 10.00. The van der Waals surface area contributed by atoms with E-state index in [-0.39, 0.29) is 12.5 Å². The van der Waals surface area contributed by atoms with Crippen LogP contribution in [0.25, 0.3) is 0 Å². The molecule has 1 aliphatic heterocycles. The fourth-order valence-electron chi connectivity index (χ4n) is 2.98. The second-order valence-corrected chi connectivity index (χ2v) is 7.85. The van der Waals surface area contributed by atoms with E-state index in [0.29, 0.717) is 12.2 Å². The minimum Gasteiger partial charge on any atom is -0.467 e. The first-order valence-electron chi connectivity index (χ1n) is 7.83. The number of hydrogen-bond acceptors (Lipinski definition) is 5. The summed E-state index contributed by atoms with van der Waals surface area (Å²) in [4.78, 5) is 12.6. The van der Waals surface area contributed by atoms with Crippen molar-refractivity contribution in [1.82, 2.24) is 24.1 Å². The Kier molecular flexibility index (Phi) is 4.67. The minimum absolute atomic E-state index is 0.209. The molecule has 0 radical (unpaired) electrons. The largest absolute Gasteiger partial charge is 0.467 e. The Bertz CT molecular complexity index is 859. The van der Waals surface area contributed by atoms with Crippen LogP contribution in [0.1, 0.15) is 29.5 Å². The summed E-state index contributed by atoms with van der Waals surface area (Å²) in [7, 11) is -0.605. The third-order valence-corrected chi connectivity index (χ3v) is 5.91.